The molecule has 1 aliphatic heterocycles. The van der Waals surface area contributed by atoms with Gasteiger partial charge in [-0.15, -0.1) is 0 Å². The van der Waals surface area contributed by atoms with E-state index in [2.05, 4.69) is 0 Å². The van der Waals surface area contributed by atoms with Crippen molar-refractivity contribution in [1.82, 2.24) is 4.90 Å². The first-order valence-corrected chi connectivity index (χ1v) is 7.49. The van der Waals surface area contributed by atoms with Crippen molar-refractivity contribution in [2.24, 2.45) is 5.92 Å². The number of rotatable bonds is 3. The molecule has 1 saturated heterocycles. The highest BCUT2D eigenvalue weighted by molar-refractivity contribution is 5.79. The van der Waals surface area contributed by atoms with Crippen molar-refractivity contribution in [3.05, 3.63) is 35.4 Å². The summed E-state index contributed by atoms with van der Waals surface area (Å²) in [5.41, 5.74) is -0.690. The van der Waals surface area contributed by atoms with E-state index in [1.54, 1.807) is 4.90 Å². The number of amides is 1. The number of carbonyl (C=O) groups is 1. The number of ether oxygens (including phenoxy) is 1. The first kappa shape index (κ1) is 15.3. The fourth-order valence-corrected chi connectivity index (χ4v) is 2.88. The number of nitrogens with zero attached hydrogens (tertiary/aromatic N) is 1. The lowest BCUT2D eigenvalue weighted by Gasteiger charge is -2.33. The van der Waals surface area contributed by atoms with E-state index in [4.69, 9.17) is 4.74 Å². The molecule has 1 aromatic rings. The van der Waals surface area contributed by atoms with Gasteiger partial charge in [0.05, 0.1) is 24.7 Å². The van der Waals surface area contributed by atoms with Crippen LogP contribution in [0.5, 0.6) is 0 Å². The number of carbonyl (C=O) groups excluding carboxylic acids is 1. The maximum Gasteiger partial charge on any atom is 0.416 e. The van der Waals surface area contributed by atoms with E-state index in [-0.39, 0.29) is 24.0 Å². The summed E-state index contributed by atoms with van der Waals surface area (Å²) in [6.07, 6.45) is -2.37. The molecule has 1 aromatic carbocycles. The summed E-state index contributed by atoms with van der Waals surface area (Å²) < 4.78 is 44.6. The first-order valence-electron chi connectivity index (χ1n) is 7.49. The number of halogens is 3. The third kappa shape index (κ3) is 3.43. The summed E-state index contributed by atoms with van der Waals surface area (Å²) >= 11 is 0. The summed E-state index contributed by atoms with van der Waals surface area (Å²) in [6, 6.07) is 5.27. The standard InChI is InChI=1S/C16H18F3NO2/c17-16(18,19)13-4-2-1-3-12(13)9-15(21)20-7-8-22-14(10-20)11-5-6-11/h1-4,11,14H,5-10H2. The van der Waals surface area contributed by atoms with Gasteiger partial charge >= 0.3 is 6.18 Å². The minimum Gasteiger partial charge on any atom is -0.374 e. The number of alkyl halides is 3. The van der Waals surface area contributed by atoms with Crippen LogP contribution in [0.3, 0.4) is 0 Å². The summed E-state index contributed by atoms with van der Waals surface area (Å²) in [5, 5.41) is 0. The van der Waals surface area contributed by atoms with Crippen molar-refractivity contribution in [3.8, 4) is 0 Å². The second kappa shape index (κ2) is 5.91. The van der Waals surface area contributed by atoms with E-state index in [0.29, 0.717) is 25.6 Å². The van der Waals surface area contributed by atoms with Gasteiger partial charge in [-0.3, -0.25) is 4.79 Å². The predicted octanol–water partition coefficient (Wildman–Crippen LogP) is 2.89. The van der Waals surface area contributed by atoms with Gasteiger partial charge in [-0.2, -0.15) is 13.2 Å². The van der Waals surface area contributed by atoms with E-state index >= 15 is 0 Å². The molecule has 1 atom stereocenters. The Hall–Kier alpha value is -1.56. The largest absolute Gasteiger partial charge is 0.416 e. The van der Waals surface area contributed by atoms with E-state index in [0.717, 1.165) is 18.9 Å². The second-order valence-corrected chi connectivity index (χ2v) is 5.92. The molecule has 2 fully saturated rings. The van der Waals surface area contributed by atoms with Crippen LogP contribution in [0.15, 0.2) is 24.3 Å². The van der Waals surface area contributed by atoms with Crippen LogP contribution in [-0.2, 0) is 22.1 Å². The number of morpholine rings is 1. The van der Waals surface area contributed by atoms with Gasteiger partial charge in [0.25, 0.3) is 0 Å². The first-order chi connectivity index (χ1) is 10.4. The van der Waals surface area contributed by atoms with Gasteiger partial charge < -0.3 is 9.64 Å². The van der Waals surface area contributed by atoms with Crippen molar-refractivity contribution in [1.29, 1.82) is 0 Å². The van der Waals surface area contributed by atoms with Crippen LogP contribution in [-0.4, -0.2) is 36.6 Å². The van der Waals surface area contributed by atoms with Crippen molar-refractivity contribution >= 4 is 5.91 Å². The molecule has 3 nitrogen and oxygen atoms in total. The van der Waals surface area contributed by atoms with Gasteiger partial charge in [0, 0.05) is 13.1 Å². The second-order valence-electron chi connectivity index (χ2n) is 5.92. The highest BCUT2D eigenvalue weighted by atomic mass is 19.4. The fourth-order valence-electron chi connectivity index (χ4n) is 2.88. The quantitative estimate of drug-likeness (QED) is 0.859. The molecule has 1 saturated carbocycles. The third-order valence-electron chi connectivity index (χ3n) is 4.26. The smallest absolute Gasteiger partial charge is 0.374 e. The van der Waals surface area contributed by atoms with Crippen LogP contribution in [0.1, 0.15) is 24.0 Å². The maximum atomic E-state index is 13.0. The Morgan fingerprint density at radius 3 is 2.68 bits per heavy atom. The molecular weight excluding hydrogens is 295 g/mol. The Bertz CT molecular complexity index is 555. The summed E-state index contributed by atoms with van der Waals surface area (Å²) in [7, 11) is 0. The maximum absolute atomic E-state index is 13.0. The SMILES string of the molecule is O=C(Cc1ccccc1C(F)(F)F)N1CCOC(C2CC2)C1. The van der Waals surface area contributed by atoms with Gasteiger partial charge in [-0.05, 0) is 30.4 Å². The van der Waals surface area contributed by atoms with Gasteiger partial charge in [-0.25, -0.2) is 0 Å². The molecule has 120 valence electrons. The topological polar surface area (TPSA) is 29.5 Å². The third-order valence-corrected chi connectivity index (χ3v) is 4.26. The lowest BCUT2D eigenvalue weighted by Crippen LogP contribution is -2.47. The molecule has 1 unspecified atom stereocenters. The molecule has 1 heterocycles. The zero-order valence-corrected chi connectivity index (χ0v) is 12.1. The lowest BCUT2D eigenvalue weighted by molar-refractivity contribution is -0.141. The molecule has 6 heteroatoms. The van der Waals surface area contributed by atoms with Crippen LogP contribution in [0.2, 0.25) is 0 Å². The molecular formula is C16H18F3NO2. The molecule has 2 aliphatic rings. The van der Waals surface area contributed by atoms with E-state index < -0.39 is 11.7 Å². The van der Waals surface area contributed by atoms with Gasteiger partial charge in [0.1, 0.15) is 0 Å². The summed E-state index contributed by atoms with van der Waals surface area (Å²) in [4.78, 5) is 14.0. The predicted molar refractivity (Wildman–Crippen MR) is 74.2 cm³/mol. The average Bonchev–Trinajstić information content (AvgIpc) is 3.31. The Morgan fingerprint density at radius 2 is 2.00 bits per heavy atom. The fraction of sp³-hybridized carbons (Fsp3) is 0.562. The molecule has 0 N–H and O–H groups in total. The number of hydrogen-bond donors (Lipinski definition) is 0. The van der Waals surface area contributed by atoms with E-state index in [9.17, 15) is 18.0 Å². The van der Waals surface area contributed by atoms with Crippen LogP contribution in [0.25, 0.3) is 0 Å². The number of benzene rings is 1. The Labute approximate surface area is 127 Å². The Kier molecular flexibility index (Phi) is 4.12. The van der Waals surface area contributed by atoms with Crippen LogP contribution in [0, 0.1) is 5.92 Å². The monoisotopic (exact) mass is 313 g/mol. The zero-order chi connectivity index (χ0) is 15.7. The Morgan fingerprint density at radius 1 is 1.27 bits per heavy atom. The van der Waals surface area contributed by atoms with Crippen molar-refractivity contribution in [2.45, 2.75) is 31.5 Å². The lowest BCUT2D eigenvalue weighted by atomic mass is 10.0. The summed E-state index contributed by atoms with van der Waals surface area (Å²) in [6.45, 7) is 1.42. The molecule has 3 rings (SSSR count). The minimum absolute atomic E-state index is 0.0365. The molecule has 0 bridgehead atoms. The molecule has 0 radical (unpaired) electrons. The van der Waals surface area contributed by atoms with Gasteiger partial charge in [-0.1, -0.05) is 18.2 Å². The number of hydrogen-bond acceptors (Lipinski definition) is 2. The van der Waals surface area contributed by atoms with Gasteiger partial charge in [0.15, 0.2) is 0 Å². The molecule has 1 aliphatic carbocycles. The summed E-state index contributed by atoms with van der Waals surface area (Å²) in [5.74, 6) is 0.253. The van der Waals surface area contributed by atoms with E-state index in [1.807, 2.05) is 0 Å². The normalized spacial score (nSPS) is 22.7. The van der Waals surface area contributed by atoms with Crippen molar-refractivity contribution in [3.63, 3.8) is 0 Å². The highest BCUT2D eigenvalue weighted by Gasteiger charge is 2.37. The van der Waals surface area contributed by atoms with Crippen LogP contribution < -0.4 is 0 Å². The van der Waals surface area contributed by atoms with Crippen molar-refractivity contribution in [2.75, 3.05) is 19.7 Å². The zero-order valence-electron chi connectivity index (χ0n) is 12.1. The van der Waals surface area contributed by atoms with Crippen LogP contribution in [0.4, 0.5) is 13.2 Å². The van der Waals surface area contributed by atoms with Gasteiger partial charge in [0.2, 0.25) is 5.91 Å². The Balaban J connectivity index is 1.69. The molecule has 0 aromatic heterocycles. The van der Waals surface area contributed by atoms with Crippen molar-refractivity contribution < 1.29 is 22.7 Å². The van der Waals surface area contributed by atoms with E-state index in [1.165, 1.54) is 18.2 Å². The molecule has 1 amide bonds. The highest BCUT2D eigenvalue weighted by Crippen LogP contribution is 2.36. The van der Waals surface area contributed by atoms with Crippen LogP contribution >= 0.6 is 0 Å². The average molecular weight is 313 g/mol. The molecule has 22 heavy (non-hydrogen) atoms. The molecule has 0 spiro atoms. The minimum atomic E-state index is -4.43.